The third-order valence-corrected chi connectivity index (χ3v) is 5.56. The Balaban J connectivity index is 1.36. The Kier molecular flexibility index (Phi) is 5.72. The standard InChI is InChI=1S/C23H20ClN7O3/c1-13-10-26-30-31(13)21-12-34-23(29-21)27-14(2)17-7-15-8-18(24)20(9-19(15)28-22(17)32)33-11-16-5-3-4-6-25-16/h3-10,12,14H,11H2,1-2H3,(H,27,29)(H,28,32). The van der Waals surface area contributed by atoms with Crippen molar-refractivity contribution in [2.24, 2.45) is 0 Å². The minimum atomic E-state index is -0.393. The lowest BCUT2D eigenvalue weighted by Crippen LogP contribution is -2.19. The number of pyridine rings is 2. The van der Waals surface area contributed by atoms with Crippen molar-refractivity contribution in [2.45, 2.75) is 26.5 Å². The van der Waals surface area contributed by atoms with Gasteiger partial charge in [0.05, 0.1) is 34.2 Å². The second-order valence-corrected chi connectivity index (χ2v) is 8.10. The first kappa shape index (κ1) is 21.7. The lowest BCUT2D eigenvalue weighted by Gasteiger charge is -2.14. The number of halogens is 1. The van der Waals surface area contributed by atoms with Crippen LogP contribution in [0.1, 0.15) is 29.9 Å². The van der Waals surface area contributed by atoms with Crippen LogP contribution in [0.15, 0.2) is 64.3 Å². The topological polar surface area (TPSA) is 124 Å². The normalized spacial score (nSPS) is 12.1. The molecular weight excluding hydrogens is 458 g/mol. The zero-order chi connectivity index (χ0) is 23.7. The number of benzene rings is 1. The smallest absolute Gasteiger partial charge is 0.297 e. The van der Waals surface area contributed by atoms with E-state index in [-0.39, 0.29) is 18.2 Å². The van der Waals surface area contributed by atoms with Gasteiger partial charge in [0.1, 0.15) is 18.6 Å². The van der Waals surface area contributed by atoms with Crippen LogP contribution in [0.5, 0.6) is 5.75 Å². The number of nitrogens with zero attached hydrogens (tertiary/aromatic N) is 5. The summed E-state index contributed by atoms with van der Waals surface area (Å²) in [5.41, 5.74) is 2.46. The van der Waals surface area contributed by atoms with Gasteiger partial charge in [0.2, 0.25) is 0 Å². The summed E-state index contributed by atoms with van der Waals surface area (Å²) in [6.45, 7) is 3.97. The number of aryl methyl sites for hydroxylation is 1. The summed E-state index contributed by atoms with van der Waals surface area (Å²) in [5, 5.41) is 12.1. The molecule has 5 aromatic rings. The molecule has 1 unspecified atom stereocenters. The number of rotatable bonds is 7. The van der Waals surface area contributed by atoms with Crippen molar-refractivity contribution in [2.75, 3.05) is 5.32 Å². The summed E-state index contributed by atoms with van der Waals surface area (Å²) in [4.78, 5) is 24.3. The zero-order valence-corrected chi connectivity index (χ0v) is 19.1. The van der Waals surface area contributed by atoms with Crippen LogP contribution in [0, 0.1) is 6.92 Å². The van der Waals surface area contributed by atoms with Gasteiger partial charge >= 0.3 is 0 Å². The summed E-state index contributed by atoms with van der Waals surface area (Å²) in [5.74, 6) is 0.951. The van der Waals surface area contributed by atoms with Gasteiger partial charge in [-0.2, -0.15) is 9.67 Å². The van der Waals surface area contributed by atoms with Crippen LogP contribution in [0.3, 0.4) is 0 Å². The molecule has 1 atom stereocenters. The minimum Gasteiger partial charge on any atom is -0.486 e. The molecule has 10 nitrogen and oxygen atoms in total. The van der Waals surface area contributed by atoms with Gasteiger partial charge < -0.3 is 19.5 Å². The average Bonchev–Trinajstić information content (AvgIpc) is 3.46. The van der Waals surface area contributed by atoms with Gasteiger partial charge in [0, 0.05) is 23.2 Å². The number of aromatic amines is 1. The number of aromatic nitrogens is 6. The third-order valence-electron chi connectivity index (χ3n) is 5.26. The monoisotopic (exact) mass is 477 g/mol. The number of nitrogens with one attached hydrogen (secondary N) is 2. The maximum atomic E-state index is 12.8. The Morgan fingerprint density at radius 3 is 2.94 bits per heavy atom. The van der Waals surface area contributed by atoms with Crippen molar-refractivity contribution in [1.82, 2.24) is 29.9 Å². The van der Waals surface area contributed by atoms with E-state index in [9.17, 15) is 4.79 Å². The van der Waals surface area contributed by atoms with E-state index >= 15 is 0 Å². The number of oxazole rings is 1. The van der Waals surface area contributed by atoms with Crippen molar-refractivity contribution < 1.29 is 9.15 Å². The number of H-pyrrole nitrogens is 1. The van der Waals surface area contributed by atoms with E-state index in [2.05, 4.69) is 30.6 Å². The average molecular weight is 478 g/mol. The third kappa shape index (κ3) is 4.35. The summed E-state index contributed by atoms with van der Waals surface area (Å²) in [6, 6.07) is 10.7. The molecule has 0 aliphatic rings. The van der Waals surface area contributed by atoms with Crippen molar-refractivity contribution in [3.8, 4) is 11.6 Å². The van der Waals surface area contributed by atoms with Gasteiger partial charge in [-0.3, -0.25) is 9.78 Å². The van der Waals surface area contributed by atoms with Crippen LogP contribution in [0.4, 0.5) is 6.01 Å². The van der Waals surface area contributed by atoms with Crippen LogP contribution in [-0.2, 0) is 6.61 Å². The van der Waals surface area contributed by atoms with E-state index in [4.69, 9.17) is 20.8 Å². The SMILES string of the molecule is Cc1cnnn1-c1coc(NC(C)c2cc3cc(Cl)c(OCc4ccccn4)cc3[nH]c2=O)n1. The van der Waals surface area contributed by atoms with Gasteiger partial charge in [-0.05, 0) is 38.1 Å². The maximum Gasteiger partial charge on any atom is 0.297 e. The Morgan fingerprint density at radius 2 is 2.18 bits per heavy atom. The number of ether oxygens (including phenoxy) is 1. The molecule has 0 aliphatic heterocycles. The van der Waals surface area contributed by atoms with Crippen LogP contribution in [0.25, 0.3) is 16.7 Å². The lowest BCUT2D eigenvalue weighted by molar-refractivity contribution is 0.302. The molecular formula is C23H20ClN7O3. The fourth-order valence-electron chi connectivity index (χ4n) is 3.50. The molecule has 0 amide bonds. The highest BCUT2D eigenvalue weighted by atomic mass is 35.5. The number of hydrogen-bond acceptors (Lipinski definition) is 8. The molecule has 0 aliphatic carbocycles. The van der Waals surface area contributed by atoms with Crippen molar-refractivity contribution in [3.63, 3.8) is 0 Å². The molecule has 4 heterocycles. The Bertz CT molecular complexity index is 1510. The number of fused-ring (bicyclic) bond motifs is 1. The van der Waals surface area contributed by atoms with Crippen LogP contribution in [0.2, 0.25) is 5.02 Å². The van der Waals surface area contributed by atoms with E-state index in [1.165, 1.54) is 6.26 Å². The fraction of sp³-hybridized carbons (Fsp3) is 0.174. The summed E-state index contributed by atoms with van der Waals surface area (Å²) in [6.07, 6.45) is 4.79. The summed E-state index contributed by atoms with van der Waals surface area (Å²) >= 11 is 6.44. The first-order valence-electron chi connectivity index (χ1n) is 10.5. The summed E-state index contributed by atoms with van der Waals surface area (Å²) in [7, 11) is 0. The maximum absolute atomic E-state index is 12.8. The largest absolute Gasteiger partial charge is 0.486 e. The number of hydrogen-bond donors (Lipinski definition) is 2. The highest BCUT2D eigenvalue weighted by molar-refractivity contribution is 6.32. The van der Waals surface area contributed by atoms with Gasteiger partial charge in [-0.25, -0.2) is 0 Å². The molecule has 0 saturated carbocycles. The molecule has 0 spiro atoms. The molecule has 1 aromatic carbocycles. The minimum absolute atomic E-state index is 0.246. The van der Waals surface area contributed by atoms with Crippen molar-refractivity contribution >= 4 is 28.5 Å². The first-order valence-corrected chi connectivity index (χ1v) is 10.8. The van der Waals surface area contributed by atoms with Crippen molar-refractivity contribution in [3.05, 3.63) is 87.4 Å². The van der Waals surface area contributed by atoms with Gasteiger partial charge in [0.15, 0.2) is 5.82 Å². The molecule has 11 heteroatoms. The predicted molar refractivity (Wildman–Crippen MR) is 126 cm³/mol. The quantitative estimate of drug-likeness (QED) is 0.357. The van der Waals surface area contributed by atoms with E-state index in [0.717, 1.165) is 16.8 Å². The highest BCUT2D eigenvalue weighted by Crippen LogP contribution is 2.30. The fourth-order valence-corrected chi connectivity index (χ4v) is 3.72. The first-order chi connectivity index (χ1) is 16.5. The van der Waals surface area contributed by atoms with E-state index in [1.807, 2.05) is 32.0 Å². The van der Waals surface area contributed by atoms with Gasteiger partial charge in [-0.1, -0.05) is 22.9 Å². The highest BCUT2D eigenvalue weighted by Gasteiger charge is 2.16. The molecule has 0 radical (unpaired) electrons. The molecule has 0 bridgehead atoms. The zero-order valence-electron chi connectivity index (χ0n) is 18.3. The van der Waals surface area contributed by atoms with Gasteiger partial charge in [-0.15, -0.1) is 5.10 Å². The van der Waals surface area contributed by atoms with Gasteiger partial charge in [0.25, 0.3) is 11.6 Å². The van der Waals surface area contributed by atoms with E-state index in [1.54, 1.807) is 35.3 Å². The molecule has 34 heavy (non-hydrogen) atoms. The van der Waals surface area contributed by atoms with Crippen molar-refractivity contribution in [1.29, 1.82) is 0 Å². The Hall–Kier alpha value is -4.18. The Labute approximate surface area is 198 Å². The molecule has 0 fully saturated rings. The predicted octanol–water partition coefficient (Wildman–Crippen LogP) is 4.21. The lowest BCUT2D eigenvalue weighted by atomic mass is 10.1. The summed E-state index contributed by atoms with van der Waals surface area (Å²) < 4.78 is 12.9. The van der Waals surface area contributed by atoms with E-state index in [0.29, 0.717) is 27.7 Å². The van der Waals surface area contributed by atoms with Crippen LogP contribution in [-0.4, -0.2) is 29.9 Å². The van der Waals surface area contributed by atoms with Crippen LogP contribution < -0.4 is 15.6 Å². The molecule has 172 valence electrons. The second kappa shape index (κ2) is 8.99. The Morgan fingerprint density at radius 1 is 1.29 bits per heavy atom. The molecule has 2 N–H and O–H groups in total. The van der Waals surface area contributed by atoms with Crippen LogP contribution >= 0.6 is 11.6 Å². The van der Waals surface area contributed by atoms with E-state index < -0.39 is 6.04 Å². The number of anilines is 1. The molecule has 0 saturated heterocycles. The second-order valence-electron chi connectivity index (χ2n) is 7.70. The molecule has 4 aromatic heterocycles. The molecule has 5 rings (SSSR count).